The predicted octanol–water partition coefficient (Wildman–Crippen LogP) is 4.09. The number of halogens is 1. The summed E-state index contributed by atoms with van der Waals surface area (Å²) < 4.78 is 4.60. The predicted molar refractivity (Wildman–Crippen MR) is 148 cm³/mol. The van der Waals surface area contributed by atoms with Crippen LogP contribution in [0.15, 0.2) is 48.5 Å². The topological polar surface area (TPSA) is 95.9 Å². The molecule has 2 amide bonds. The fraction of sp³-hybridized carbons (Fsp3) is 0.483. The van der Waals surface area contributed by atoms with E-state index in [1.165, 1.54) is 0 Å². The maximum atomic E-state index is 14.3. The van der Waals surface area contributed by atoms with Gasteiger partial charge in [-0.3, -0.25) is 14.4 Å². The highest BCUT2D eigenvalue weighted by Crippen LogP contribution is 2.69. The fourth-order valence-corrected chi connectivity index (χ4v) is 9.44. The number of nitrogens with one attached hydrogen (secondary N) is 1. The van der Waals surface area contributed by atoms with Crippen molar-refractivity contribution in [1.82, 2.24) is 4.90 Å². The third-order valence-electron chi connectivity index (χ3n) is 8.38. The summed E-state index contributed by atoms with van der Waals surface area (Å²) in [4.78, 5) is 43.3. The number of anilines is 1. The van der Waals surface area contributed by atoms with Gasteiger partial charge in [-0.05, 0) is 49.8 Å². The molecule has 7 nitrogen and oxygen atoms in total. The number of carbonyl (C=O) groups is 3. The Morgan fingerprint density at radius 2 is 1.97 bits per heavy atom. The summed E-state index contributed by atoms with van der Waals surface area (Å²) in [6.45, 7) is 5.59. The number of thioether (sulfide) groups is 1. The SMILES string of the molecule is CCOC(=O)[C@@H]1[C@@H]2CC(C)C3(S2)C(C(=O)Nc2c(C)cccc2Cl)N([C@@H](CO)Cc2ccccc2)C(=O)[C@H]13. The van der Waals surface area contributed by atoms with E-state index in [4.69, 9.17) is 16.3 Å². The number of para-hydroxylation sites is 1. The number of fused-ring (bicyclic) bond motifs is 1. The Bertz CT molecular complexity index is 1220. The standard InChI is InChI=1S/C29H33ClN2O5S/c1-4-37-28(36)22-21-13-17(3)29(38-21)23(22)27(35)32(19(15-33)14-18-10-6-5-7-11-18)25(29)26(34)31-24-16(2)9-8-12-20(24)30/h5-12,17,19,21-23,25,33H,4,13-15H2,1-3H3,(H,31,34)/t17?,19-,21+,22-,23+,25?,29?/m1/s1. The van der Waals surface area contributed by atoms with Crippen LogP contribution in [0.4, 0.5) is 5.69 Å². The van der Waals surface area contributed by atoms with Gasteiger partial charge in [-0.1, -0.05) is 61.0 Å². The lowest BCUT2D eigenvalue weighted by Gasteiger charge is -2.40. The number of ether oxygens (including phenoxy) is 1. The van der Waals surface area contributed by atoms with E-state index in [0.29, 0.717) is 23.6 Å². The second-order valence-electron chi connectivity index (χ2n) is 10.5. The molecule has 9 heteroatoms. The molecule has 2 aromatic rings. The lowest BCUT2D eigenvalue weighted by atomic mass is 9.66. The van der Waals surface area contributed by atoms with E-state index in [9.17, 15) is 19.5 Å². The van der Waals surface area contributed by atoms with Crippen LogP contribution in [0.2, 0.25) is 5.02 Å². The maximum Gasteiger partial charge on any atom is 0.310 e. The van der Waals surface area contributed by atoms with Gasteiger partial charge in [0.2, 0.25) is 11.8 Å². The summed E-state index contributed by atoms with van der Waals surface area (Å²) in [6, 6.07) is 13.5. The molecule has 0 aromatic heterocycles. The van der Waals surface area contributed by atoms with Gasteiger partial charge in [-0.15, -0.1) is 11.8 Å². The first-order chi connectivity index (χ1) is 18.2. The molecular formula is C29H33ClN2O5S. The first kappa shape index (κ1) is 27.0. The highest BCUT2D eigenvalue weighted by atomic mass is 35.5. The molecule has 2 aromatic carbocycles. The van der Waals surface area contributed by atoms with Gasteiger partial charge < -0.3 is 20.1 Å². The number of esters is 1. The molecule has 2 bridgehead atoms. The van der Waals surface area contributed by atoms with Gasteiger partial charge in [0.15, 0.2) is 0 Å². The van der Waals surface area contributed by atoms with Crippen LogP contribution in [0.3, 0.4) is 0 Å². The van der Waals surface area contributed by atoms with Gasteiger partial charge in [-0.2, -0.15) is 0 Å². The zero-order valence-corrected chi connectivity index (χ0v) is 23.3. The van der Waals surface area contributed by atoms with Crippen molar-refractivity contribution in [2.75, 3.05) is 18.5 Å². The number of amides is 2. The Labute approximate surface area is 232 Å². The molecule has 202 valence electrons. The van der Waals surface area contributed by atoms with Crippen LogP contribution in [-0.2, 0) is 25.5 Å². The van der Waals surface area contributed by atoms with Crippen molar-refractivity contribution in [2.45, 2.75) is 55.7 Å². The third kappa shape index (κ3) is 4.21. The van der Waals surface area contributed by atoms with E-state index in [-0.39, 0.29) is 42.2 Å². The zero-order valence-electron chi connectivity index (χ0n) is 21.7. The Morgan fingerprint density at radius 3 is 2.63 bits per heavy atom. The smallest absolute Gasteiger partial charge is 0.310 e. The van der Waals surface area contributed by atoms with Gasteiger partial charge in [-0.25, -0.2) is 0 Å². The molecule has 7 atom stereocenters. The van der Waals surface area contributed by atoms with E-state index < -0.39 is 28.7 Å². The van der Waals surface area contributed by atoms with E-state index in [0.717, 1.165) is 11.1 Å². The minimum Gasteiger partial charge on any atom is -0.466 e. The number of aryl methyl sites for hydroxylation is 1. The van der Waals surface area contributed by atoms with Crippen molar-refractivity contribution in [3.8, 4) is 0 Å². The van der Waals surface area contributed by atoms with Crippen molar-refractivity contribution < 1.29 is 24.2 Å². The molecule has 3 aliphatic heterocycles. The lowest BCUT2D eigenvalue weighted by Crippen LogP contribution is -2.57. The second kappa shape index (κ2) is 10.5. The summed E-state index contributed by atoms with van der Waals surface area (Å²) in [5.41, 5.74) is 2.25. The molecule has 5 rings (SSSR count). The van der Waals surface area contributed by atoms with Crippen LogP contribution in [0.5, 0.6) is 0 Å². The summed E-state index contributed by atoms with van der Waals surface area (Å²) >= 11 is 8.04. The van der Waals surface area contributed by atoms with Crippen LogP contribution in [0, 0.1) is 24.7 Å². The monoisotopic (exact) mass is 556 g/mol. The molecule has 0 radical (unpaired) electrons. The molecule has 3 heterocycles. The van der Waals surface area contributed by atoms with Crippen LogP contribution < -0.4 is 5.32 Å². The van der Waals surface area contributed by atoms with Gasteiger partial charge >= 0.3 is 5.97 Å². The minimum atomic E-state index is -0.888. The normalized spacial score (nSPS) is 30.3. The van der Waals surface area contributed by atoms with E-state index >= 15 is 0 Å². The first-order valence-corrected chi connectivity index (χ1v) is 14.4. The molecule has 3 fully saturated rings. The Morgan fingerprint density at radius 1 is 1.24 bits per heavy atom. The van der Waals surface area contributed by atoms with Crippen LogP contribution in [0.25, 0.3) is 0 Å². The lowest BCUT2D eigenvalue weighted by molar-refractivity contribution is -0.154. The zero-order chi connectivity index (χ0) is 27.2. The number of rotatable bonds is 8. The summed E-state index contributed by atoms with van der Waals surface area (Å²) in [5, 5.41) is 13.9. The quantitative estimate of drug-likeness (QED) is 0.476. The van der Waals surface area contributed by atoms with Gasteiger partial charge in [0, 0.05) is 5.25 Å². The van der Waals surface area contributed by atoms with Crippen LogP contribution in [-0.4, -0.2) is 63.1 Å². The molecule has 3 aliphatic rings. The van der Waals surface area contributed by atoms with Crippen molar-refractivity contribution in [2.24, 2.45) is 17.8 Å². The number of nitrogens with zero attached hydrogens (tertiary/aromatic N) is 1. The van der Waals surface area contributed by atoms with Crippen molar-refractivity contribution in [3.63, 3.8) is 0 Å². The number of aliphatic hydroxyl groups excluding tert-OH is 1. The van der Waals surface area contributed by atoms with Crippen molar-refractivity contribution >= 4 is 46.8 Å². The van der Waals surface area contributed by atoms with Gasteiger partial charge in [0.05, 0.1) is 46.5 Å². The third-order valence-corrected chi connectivity index (χ3v) is 10.8. The minimum absolute atomic E-state index is 0.00119. The number of hydrogen-bond acceptors (Lipinski definition) is 6. The summed E-state index contributed by atoms with van der Waals surface area (Å²) in [6.07, 6.45) is 1.09. The number of carbonyl (C=O) groups excluding carboxylic acids is 3. The fourth-order valence-electron chi connectivity index (χ4n) is 6.78. The Balaban J connectivity index is 1.59. The molecule has 1 spiro atoms. The number of benzene rings is 2. The molecule has 0 saturated carbocycles. The average molecular weight is 557 g/mol. The van der Waals surface area contributed by atoms with E-state index in [2.05, 4.69) is 12.2 Å². The average Bonchev–Trinajstić information content (AvgIpc) is 3.49. The highest BCUT2D eigenvalue weighted by molar-refractivity contribution is 8.02. The Hall–Kier alpha value is -2.55. The number of likely N-dealkylation sites (tertiary alicyclic amines) is 1. The highest BCUT2D eigenvalue weighted by Gasteiger charge is 2.76. The summed E-state index contributed by atoms with van der Waals surface area (Å²) in [7, 11) is 0. The molecular weight excluding hydrogens is 524 g/mol. The Kier molecular flexibility index (Phi) is 7.50. The largest absolute Gasteiger partial charge is 0.466 e. The summed E-state index contributed by atoms with van der Waals surface area (Å²) in [5.74, 6) is -2.33. The first-order valence-electron chi connectivity index (χ1n) is 13.1. The second-order valence-corrected chi connectivity index (χ2v) is 12.5. The molecule has 38 heavy (non-hydrogen) atoms. The van der Waals surface area contributed by atoms with Crippen molar-refractivity contribution in [3.05, 3.63) is 64.7 Å². The molecule has 3 saturated heterocycles. The number of hydrogen-bond donors (Lipinski definition) is 2. The van der Waals surface area contributed by atoms with Crippen LogP contribution in [0.1, 0.15) is 31.4 Å². The van der Waals surface area contributed by atoms with E-state index in [1.807, 2.05) is 49.4 Å². The molecule has 3 unspecified atom stereocenters. The van der Waals surface area contributed by atoms with E-state index in [1.54, 1.807) is 29.7 Å². The molecule has 0 aliphatic carbocycles. The molecule has 2 N–H and O–H groups in total. The van der Waals surface area contributed by atoms with Crippen molar-refractivity contribution in [1.29, 1.82) is 0 Å². The van der Waals surface area contributed by atoms with Gasteiger partial charge in [0.1, 0.15) is 6.04 Å². The van der Waals surface area contributed by atoms with Gasteiger partial charge in [0.25, 0.3) is 0 Å². The van der Waals surface area contributed by atoms with Crippen LogP contribution >= 0.6 is 23.4 Å². The number of aliphatic hydroxyl groups is 1. The maximum absolute atomic E-state index is 14.3.